The van der Waals surface area contributed by atoms with E-state index in [1.165, 1.54) is 24.3 Å². The van der Waals surface area contributed by atoms with Gasteiger partial charge in [0.25, 0.3) is 5.69 Å². The second-order valence-corrected chi connectivity index (χ2v) is 9.76. The van der Waals surface area contributed by atoms with Gasteiger partial charge in [-0.15, -0.1) is 0 Å². The van der Waals surface area contributed by atoms with Gasteiger partial charge in [0.1, 0.15) is 5.75 Å². The first-order chi connectivity index (χ1) is 15.3. The fourth-order valence-electron chi connectivity index (χ4n) is 4.13. The van der Waals surface area contributed by atoms with E-state index in [-0.39, 0.29) is 16.5 Å². The Bertz CT molecular complexity index is 1240. The van der Waals surface area contributed by atoms with Crippen LogP contribution >= 0.6 is 11.6 Å². The van der Waals surface area contributed by atoms with Crippen LogP contribution in [-0.4, -0.2) is 26.5 Å². The molecule has 166 valence electrons. The number of rotatable bonds is 6. The Morgan fingerprint density at radius 3 is 2.38 bits per heavy atom. The van der Waals surface area contributed by atoms with Crippen LogP contribution in [0.5, 0.6) is 5.75 Å². The van der Waals surface area contributed by atoms with Crippen molar-refractivity contribution in [3.63, 3.8) is 0 Å². The van der Waals surface area contributed by atoms with Crippen molar-refractivity contribution >= 4 is 27.3 Å². The van der Waals surface area contributed by atoms with Gasteiger partial charge in [0, 0.05) is 29.1 Å². The van der Waals surface area contributed by atoms with Gasteiger partial charge in [0.2, 0.25) is 10.0 Å². The standard InChI is InChI=1S/C23H21ClN2O5S/c1-31-19-10-4-15-5-13-22(23(21(15)14-19)16-2-6-17(24)7-3-16)25-32(29,30)20-11-8-18(9-12-20)26(27)28/h2-4,6-12,14,22-23,25H,5,13H2,1H3/t22-,23-/m0/s1. The lowest BCUT2D eigenvalue weighted by molar-refractivity contribution is -0.384. The van der Waals surface area contributed by atoms with Gasteiger partial charge in [-0.2, -0.15) is 0 Å². The van der Waals surface area contributed by atoms with E-state index in [2.05, 4.69) is 4.72 Å². The number of fused-ring (bicyclic) bond motifs is 1. The number of non-ortho nitro benzene ring substituents is 1. The number of nitrogens with one attached hydrogen (secondary N) is 1. The van der Waals surface area contributed by atoms with E-state index in [0.29, 0.717) is 23.6 Å². The molecule has 0 unspecified atom stereocenters. The highest BCUT2D eigenvalue weighted by molar-refractivity contribution is 7.89. The van der Waals surface area contributed by atoms with Crippen LogP contribution in [0.3, 0.4) is 0 Å². The van der Waals surface area contributed by atoms with Gasteiger partial charge in [0.05, 0.1) is 16.9 Å². The Morgan fingerprint density at radius 2 is 1.75 bits per heavy atom. The van der Waals surface area contributed by atoms with E-state index in [1.807, 2.05) is 30.3 Å². The van der Waals surface area contributed by atoms with E-state index in [9.17, 15) is 18.5 Å². The average molecular weight is 473 g/mol. The summed E-state index contributed by atoms with van der Waals surface area (Å²) >= 11 is 6.08. The quantitative estimate of drug-likeness (QED) is 0.414. The molecule has 7 nitrogen and oxygen atoms in total. The van der Waals surface area contributed by atoms with E-state index in [0.717, 1.165) is 16.7 Å². The molecule has 1 N–H and O–H groups in total. The third-order valence-corrected chi connectivity index (χ3v) is 7.47. The molecule has 0 saturated heterocycles. The first-order valence-corrected chi connectivity index (χ1v) is 11.8. The minimum absolute atomic E-state index is 0.0191. The van der Waals surface area contributed by atoms with E-state index >= 15 is 0 Å². The normalized spacial score (nSPS) is 18.1. The zero-order valence-electron chi connectivity index (χ0n) is 17.2. The number of methoxy groups -OCH3 is 1. The molecule has 32 heavy (non-hydrogen) atoms. The molecule has 3 aromatic carbocycles. The van der Waals surface area contributed by atoms with E-state index in [4.69, 9.17) is 16.3 Å². The van der Waals surface area contributed by atoms with Gasteiger partial charge >= 0.3 is 0 Å². The Kier molecular flexibility index (Phi) is 6.19. The van der Waals surface area contributed by atoms with Crippen molar-refractivity contribution in [2.75, 3.05) is 7.11 Å². The third kappa shape index (κ3) is 4.48. The van der Waals surface area contributed by atoms with Crippen LogP contribution in [0.4, 0.5) is 5.69 Å². The molecule has 0 bridgehead atoms. The minimum Gasteiger partial charge on any atom is -0.497 e. The van der Waals surface area contributed by atoms with Crippen LogP contribution < -0.4 is 9.46 Å². The van der Waals surface area contributed by atoms with Gasteiger partial charge in [-0.3, -0.25) is 10.1 Å². The topological polar surface area (TPSA) is 98.5 Å². The lowest BCUT2D eigenvalue weighted by atomic mass is 9.76. The summed E-state index contributed by atoms with van der Waals surface area (Å²) in [6.45, 7) is 0. The molecule has 9 heteroatoms. The van der Waals surface area contributed by atoms with Crippen molar-refractivity contribution < 1.29 is 18.1 Å². The number of hydrogen-bond acceptors (Lipinski definition) is 5. The zero-order chi connectivity index (χ0) is 22.9. The Labute approximate surface area is 191 Å². The first-order valence-electron chi connectivity index (χ1n) is 9.97. The first kappa shape index (κ1) is 22.3. The molecule has 4 rings (SSSR count). The Balaban J connectivity index is 1.72. The maximum absolute atomic E-state index is 13.1. The largest absolute Gasteiger partial charge is 0.497 e. The number of halogens is 1. The summed E-state index contributed by atoms with van der Waals surface area (Å²) in [6.07, 6.45) is 1.30. The smallest absolute Gasteiger partial charge is 0.269 e. The number of nitro benzene ring substituents is 1. The number of ether oxygens (including phenoxy) is 1. The molecule has 1 aliphatic carbocycles. The van der Waals surface area contributed by atoms with Crippen molar-refractivity contribution in [2.45, 2.75) is 29.7 Å². The van der Waals surface area contributed by atoms with Crippen LogP contribution in [-0.2, 0) is 16.4 Å². The Morgan fingerprint density at radius 1 is 1.06 bits per heavy atom. The number of aryl methyl sites for hydroxylation is 1. The molecule has 0 heterocycles. The molecular formula is C23H21ClN2O5S. The van der Waals surface area contributed by atoms with Gasteiger partial charge in [-0.25, -0.2) is 13.1 Å². The second-order valence-electron chi connectivity index (χ2n) is 7.61. The molecule has 0 spiro atoms. The van der Waals surface area contributed by atoms with Gasteiger partial charge in [-0.05, 0) is 65.9 Å². The molecule has 0 amide bonds. The lowest BCUT2D eigenvalue weighted by Crippen LogP contribution is -2.42. The summed E-state index contributed by atoms with van der Waals surface area (Å²) in [5.74, 6) is 0.445. The fourth-order valence-corrected chi connectivity index (χ4v) is 5.54. The number of benzene rings is 3. The predicted octanol–water partition coefficient (Wildman–Crippen LogP) is 4.68. The molecule has 0 aromatic heterocycles. The second kappa shape index (κ2) is 8.90. The lowest BCUT2D eigenvalue weighted by Gasteiger charge is -2.34. The van der Waals surface area contributed by atoms with Crippen LogP contribution in [0.2, 0.25) is 5.02 Å². The summed E-state index contributed by atoms with van der Waals surface area (Å²) in [5.41, 5.74) is 2.90. The molecular weight excluding hydrogens is 452 g/mol. The van der Waals surface area contributed by atoms with Gasteiger partial charge in [-0.1, -0.05) is 29.8 Å². The van der Waals surface area contributed by atoms with Gasteiger partial charge < -0.3 is 4.74 Å². The maximum atomic E-state index is 13.1. The average Bonchev–Trinajstić information content (AvgIpc) is 2.79. The highest BCUT2D eigenvalue weighted by atomic mass is 35.5. The molecule has 0 aliphatic heterocycles. The number of nitro groups is 1. The van der Waals surface area contributed by atoms with Crippen molar-refractivity contribution in [2.24, 2.45) is 0 Å². The maximum Gasteiger partial charge on any atom is 0.269 e. The van der Waals surface area contributed by atoms with Crippen molar-refractivity contribution in [1.82, 2.24) is 4.72 Å². The minimum atomic E-state index is -3.90. The predicted molar refractivity (Wildman–Crippen MR) is 122 cm³/mol. The van der Waals surface area contributed by atoms with Crippen molar-refractivity contribution in [3.05, 3.63) is 98.6 Å². The number of nitrogens with zero attached hydrogens (tertiary/aromatic N) is 1. The van der Waals surface area contributed by atoms with Crippen molar-refractivity contribution in [3.8, 4) is 5.75 Å². The molecule has 0 saturated carbocycles. The summed E-state index contributed by atoms with van der Waals surface area (Å²) in [6, 6.07) is 17.7. The molecule has 3 aromatic rings. The summed E-state index contributed by atoms with van der Waals surface area (Å²) < 4.78 is 34.5. The zero-order valence-corrected chi connectivity index (χ0v) is 18.8. The molecule has 0 radical (unpaired) electrons. The molecule has 0 fully saturated rings. The highest BCUT2D eigenvalue weighted by Gasteiger charge is 2.34. The number of sulfonamides is 1. The SMILES string of the molecule is COc1ccc2c(c1)[C@H](c1ccc(Cl)cc1)[C@@H](NS(=O)(=O)c1ccc([N+](=O)[O-])cc1)CC2. The fraction of sp³-hybridized carbons (Fsp3) is 0.217. The molecule has 2 atom stereocenters. The van der Waals surface area contributed by atoms with Crippen LogP contribution in [0.25, 0.3) is 0 Å². The third-order valence-electron chi connectivity index (χ3n) is 5.71. The van der Waals surface area contributed by atoms with Crippen LogP contribution in [0, 0.1) is 10.1 Å². The van der Waals surface area contributed by atoms with Crippen LogP contribution in [0.15, 0.2) is 71.6 Å². The summed E-state index contributed by atoms with van der Waals surface area (Å²) in [4.78, 5) is 10.3. The highest BCUT2D eigenvalue weighted by Crippen LogP contribution is 2.39. The van der Waals surface area contributed by atoms with E-state index in [1.54, 1.807) is 19.2 Å². The molecule has 1 aliphatic rings. The van der Waals surface area contributed by atoms with Crippen LogP contribution in [0.1, 0.15) is 29.0 Å². The van der Waals surface area contributed by atoms with E-state index < -0.39 is 21.0 Å². The number of hydrogen-bond donors (Lipinski definition) is 1. The summed E-state index contributed by atoms with van der Waals surface area (Å²) in [5, 5.41) is 11.5. The monoisotopic (exact) mass is 472 g/mol. The van der Waals surface area contributed by atoms with Crippen molar-refractivity contribution in [1.29, 1.82) is 0 Å². The summed E-state index contributed by atoms with van der Waals surface area (Å²) in [7, 11) is -2.31. The van der Waals surface area contributed by atoms with Gasteiger partial charge in [0.15, 0.2) is 0 Å². The Hall–Kier alpha value is -2.94.